The standard InChI is InChI=1S/C14H20/c1-3-4-5-7-10-13(2)14-11-8-6-9-12-14/h6,8-12H,3-5,7H2,1-2H3. The van der Waals surface area contributed by atoms with Gasteiger partial charge in [0.1, 0.15) is 0 Å². The lowest BCUT2D eigenvalue weighted by Crippen LogP contribution is -1.79. The van der Waals surface area contributed by atoms with Gasteiger partial charge in [0.15, 0.2) is 0 Å². The molecule has 14 heavy (non-hydrogen) atoms. The minimum atomic E-state index is 1.22. The molecule has 0 unspecified atom stereocenters. The first-order chi connectivity index (χ1) is 6.84. The molecule has 1 rings (SSSR count). The zero-order chi connectivity index (χ0) is 10.2. The summed E-state index contributed by atoms with van der Waals surface area (Å²) in [6.45, 7) is 4.44. The quantitative estimate of drug-likeness (QED) is 0.589. The zero-order valence-corrected chi connectivity index (χ0v) is 9.29. The van der Waals surface area contributed by atoms with E-state index in [0.717, 1.165) is 0 Å². The molecule has 1 aromatic rings. The van der Waals surface area contributed by atoms with Crippen LogP contribution < -0.4 is 0 Å². The van der Waals surface area contributed by atoms with Crippen LogP contribution in [0.4, 0.5) is 0 Å². The van der Waals surface area contributed by atoms with Crippen LogP contribution >= 0.6 is 0 Å². The van der Waals surface area contributed by atoms with Gasteiger partial charge in [-0.2, -0.15) is 0 Å². The van der Waals surface area contributed by atoms with Crippen molar-refractivity contribution in [1.82, 2.24) is 0 Å². The van der Waals surface area contributed by atoms with Crippen LogP contribution in [0.5, 0.6) is 0 Å². The van der Waals surface area contributed by atoms with E-state index in [-0.39, 0.29) is 0 Å². The number of rotatable bonds is 5. The summed E-state index contributed by atoms with van der Waals surface area (Å²) in [5, 5.41) is 0. The number of unbranched alkanes of at least 4 members (excludes halogenated alkanes) is 3. The van der Waals surface area contributed by atoms with Crippen molar-refractivity contribution in [2.24, 2.45) is 0 Å². The monoisotopic (exact) mass is 188 g/mol. The number of hydrogen-bond donors (Lipinski definition) is 0. The fourth-order valence-corrected chi connectivity index (χ4v) is 1.53. The Hall–Kier alpha value is -1.04. The average molecular weight is 188 g/mol. The van der Waals surface area contributed by atoms with Gasteiger partial charge in [0, 0.05) is 0 Å². The molecule has 0 radical (unpaired) electrons. The smallest absolute Gasteiger partial charge is 0.0231 e. The van der Waals surface area contributed by atoms with E-state index in [9.17, 15) is 0 Å². The maximum absolute atomic E-state index is 2.35. The van der Waals surface area contributed by atoms with Gasteiger partial charge in [-0.1, -0.05) is 56.2 Å². The van der Waals surface area contributed by atoms with Crippen molar-refractivity contribution in [2.45, 2.75) is 39.5 Å². The van der Waals surface area contributed by atoms with E-state index in [4.69, 9.17) is 0 Å². The third-order valence-corrected chi connectivity index (χ3v) is 2.49. The first-order valence-corrected chi connectivity index (χ1v) is 5.56. The van der Waals surface area contributed by atoms with Gasteiger partial charge >= 0.3 is 0 Å². The SMILES string of the molecule is CCCCCC=C(C)c1ccccc1. The van der Waals surface area contributed by atoms with E-state index < -0.39 is 0 Å². The maximum atomic E-state index is 2.35. The summed E-state index contributed by atoms with van der Waals surface area (Å²) in [6, 6.07) is 10.6. The van der Waals surface area contributed by atoms with Gasteiger partial charge in [-0.3, -0.25) is 0 Å². The molecule has 0 fully saturated rings. The topological polar surface area (TPSA) is 0 Å². The van der Waals surface area contributed by atoms with Crippen molar-refractivity contribution < 1.29 is 0 Å². The van der Waals surface area contributed by atoms with Gasteiger partial charge in [0.05, 0.1) is 0 Å². The Labute approximate surface area is 87.7 Å². The van der Waals surface area contributed by atoms with Crippen LogP contribution in [0, 0.1) is 0 Å². The maximum Gasteiger partial charge on any atom is -0.0231 e. The van der Waals surface area contributed by atoms with E-state index in [1.807, 2.05) is 0 Å². The summed E-state index contributed by atoms with van der Waals surface area (Å²) in [5.41, 5.74) is 2.76. The summed E-state index contributed by atoms with van der Waals surface area (Å²) in [4.78, 5) is 0. The van der Waals surface area contributed by atoms with Crippen LogP contribution in [0.1, 0.15) is 45.1 Å². The van der Waals surface area contributed by atoms with Gasteiger partial charge in [0.2, 0.25) is 0 Å². The molecular weight excluding hydrogens is 168 g/mol. The van der Waals surface area contributed by atoms with E-state index in [1.165, 1.54) is 36.8 Å². The lowest BCUT2D eigenvalue weighted by Gasteiger charge is -2.00. The van der Waals surface area contributed by atoms with Crippen LogP contribution in [0.25, 0.3) is 5.57 Å². The minimum Gasteiger partial charge on any atom is -0.0810 e. The lowest BCUT2D eigenvalue weighted by atomic mass is 10.1. The van der Waals surface area contributed by atoms with Gasteiger partial charge < -0.3 is 0 Å². The predicted octanol–water partition coefficient (Wildman–Crippen LogP) is 4.67. The molecule has 0 aliphatic rings. The summed E-state index contributed by atoms with van der Waals surface area (Å²) >= 11 is 0. The highest BCUT2D eigenvalue weighted by molar-refractivity contribution is 5.63. The van der Waals surface area contributed by atoms with Crippen molar-refractivity contribution >= 4 is 5.57 Å². The normalized spacial score (nSPS) is 11.7. The molecule has 0 aliphatic carbocycles. The minimum absolute atomic E-state index is 1.22. The highest BCUT2D eigenvalue weighted by Crippen LogP contribution is 2.14. The largest absolute Gasteiger partial charge is 0.0810 e. The van der Waals surface area contributed by atoms with Crippen molar-refractivity contribution in [3.05, 3.63) is 42.0 Å². The average Bonchev–Trinajstić information content (AvgIpc) is 2.25. The first kappa shape index (κ1) is 11.0. The fourth-order valence-electron chi connectivity index (χ4n) is 1.53. The van der Waals surface area contributed by atoms with Gasteiger partial charge in [-0.05, 0) is 30.9 Å². The summed E-state index contributed by atoms with van der Waals surface area (Å²) in [7, 11) is 0. The lowest BCUT2D eigenvalue weighted by molar-refractivity contribution is 0.729. The van der Waals surface area contributed by atoms with Crippen molar-refractivity contribution in [3.8, 4) is 0 Å². The van der Waals surface area contributed by atoms with E-state index >= 15 is 0 Å². The first-order valence-electron chi connectivity index (χ1n) is 5.56. The summed E-state index contributed by atoms with van der Waals surface area (Å²) in [6.07, 6.45) is 7.54. The van der Waals surface area contributed by atoms with Gasteiger partial charge in [-0.15, -0.1) is 0 Å². The second-order valence-electron chi connectivity index (χ2n) is 3.75. The second-order valence-corrected chi connectivity index (χ2v) is 3.75. The molecule has 0 spiro atoms. The predicted molar refractivity (Wildman–Crippen MR) is 64.2 cm³/mol. The Balaban J connectivity index is 2.44. The summed E-state index contributed by atoms with van der Waals surface area (Å²) < 4.78 is 0. The second kappa shape index (κ2) is 6.42. The molecule has 0 saturated heterocycles. The van der Waals surface area contributed by atoms with E-state index in [0.29, 0.717) is 0 Å². The van der Waals surface area contributed by atoms with E-state index in [2.05, 4.69) is 50.3 Å². The van der Waals surface area contributed by atoms with Crippen LogP contribution in [0.2, 0.25) is 0 Å². The molecule has 0 atom stereocenters. The van der Waals surface area contributed by atoms with Crippen molar-refractivity contribution in [2.75, 3.05) is 0 Å². The number of allylic oxidation sites excluding steroid dienone is 2. The van der Waals surface area contributed by atoms with Gasteiger partial charge in [-0.25, -0.2) is 0 Å². The Morgan fingerprint density at radius 2 is 1.86 bits per heavy atom. The molecule has 0 aliphatic heterocycles. The zero-order valence-electron chi connectivity index (χ0n) is 9.29. The third-order valence-electron chi connectivity index (χ3n) is 2.49. The van der Waals surface area contributed by atoms with Crippen molar-refractivity contribution in [3.63, 3.8) is 0 Å². The van der Waals surface area contributed by atoms with Crippen molar-refractivity contribution in [1.29, 1.82) is 0 Å². The molecule has 0 amide bonds. The molecule has 0 heteroatoms. The Morgan fingerprint density at radius 1 is 1.14 bits per heavy atom. The van der Waals surface area contributed by atoms with Gasteiger partial charge in [0.25, 0.3) is 0 Å². The highest BCUT2D eigenvalue weighted by atomic mass is 14.0. The molecule has 0 saturated carbocycles. The molecule has 0 nitrogen and oxygen atoms in total. The highest BCUT2D eigenvalue weighted by Gasteiger charge is 1.92. The fraction of sp³-hybridized carbons (Fsp3) is 0.429. The molecule has 0 bridgehead atoms. The molecule has 0 aromatic heterocycles. The Bertz CT molecular complexity index is 269. The number of hydrogen-bond acceptors (Lipinski definition) is 0. The summed E-state index contributed by atoms with van der Waals surface area (Å²) in [5.74, 6) is 0. The Morgan fingerprint density at radius 3 is 2.50 bits per heavy atom. The van der Waals surface area contributed by atoms with Crippen LogP contribution in [-0.2, 0) is 0 Å². The molecule has 0 N–H and O–H groups in total. The number of benzene rings is 1. The molecule has 1 aromatic carbocycles. The third kappa shape index (κ3) is 3.78. The molecule has 0 heterocycles. The molecule has 76 valence electrons. The van der Waals surface area contributed by atoms with E-state index in [1.54, 1.807) is 0 Å². The van der Waals surface area contributed by atoms with Crippen LogP contribution in [0.15, 0.2) is 36.4 Å². The van der Waals surface area contributed by atoms with Crippen LogP contribution in [-0.4, -0.2) is 0 Å². The van der Waals surface area contributed by atoms with Crippen LogP contribution in [0.3, 0.4) is 0 Å². The Kier molecular flexibility index (Phi) is 5.06. The molecular formula is C14H20.